The van der Waals surface area contributed by atoms with Crippen molar-refractivity contribution in [1.29, 1.82) is 5.26 Å². The molecule has 0 aromatic carbocycles. The molecule has 2 nitrogen and oxygen atoms in total. The molecule has 0 amide bonds. The normalized spacial score (nSPS) is 9.18. The molecule has 0 aliphatic carbocycles. The lowest BCUT2D eigenvalue weighted by molar-refractivity contribution is 1.01. The molecule has 1 heterocycles. The van der Waals surface area contributed by atoms with Crippen molar-refractivity contribution in [2.45, 2.75) is 20.3 Å². The van der Waals surface area contributed by atoms with Crippen LogP contribution in [0, 0.1) is 18.3 Å². The van der Waals surface area contributed by atoms with E-state index < -0.39 is 0 Å². The van der Waals surface area contributed by atoms with Crippen LogP contribution < -0.4 is 0 Å². The van der Waals surface area contributed by atoms with E-state index in [4.69, 9.17) is 5.26 Å². The van der Waals surface area contributed by atoms with Crippen molar-refractivity contribution in [3.8, 4) is 6.07 Å². The maximum Gasteiger partial charge on any atom is 0.141 e. The van der Waals surface area contributed by atoms with Crippen LogP contribution in [-0.2, 0) is 6.42 Å². The molecule has 0 atom stereocenters. The first-order valence-electron chi connectivity index (χ1n) is 3.64. The fourth-order valence-corrected chi connectivity index (χ4v) is 0.978. The Morgan fingerprint density at radius 3 is 2.82 bits per heavy atom. The highest BCUT2D eigenvalue weighted by atomic mass is 14.7. The standard InChI is InChI=1S/C9H10N2/c1-3-8-4-7(2)5-9(6-10)11-8/h4-5H,3H2,1-2H3. The first kappa shape index (κ1) is 7.74. The van der Waals surface area contributed by atoms with Crippen LogP contribution >= 0.6 is 0 Å². The minimum atomic E-state index is 0.516. The summed E-state index contributed by atoms with van der Waals surface area (Å²) in [4.78, 5) is 4.11. The van der Waals surface area contributed by atoms with Crippen molar-refractivity contribution < 1.29 is 0 Å². The van der Waals surface area contributed by atoms with E-state index in [-0.39, 0.29) is 0 Å². The van der Waals surface area contributed by atoms with Gasteiger partial charge in [-0.2, -0.15) is 5.26 Å². The highest BCUT2D eigenvalue weighted by Gasteiger charge is 1.96. The van der Waals surface area contributed by atoms with Gasteiger partial charge in [-0.1, -0.05) is 6.92 Å². The van der Waals surface area contributed by atoms with Gasteiger partial charge in [-0.3, -0.25) is 0 Å². The monoisotopic (exact) mass is 146 g/mol. The predicted octanol–water partition coefficient (Wildman–Crippen LogP) is 1.82. The lowest BCUT2D eigenvalue weighted by Crippen LogP contribution is -1.91. The van der Waals surface area contributed by atoms with Gasteiger partial charge in [-0.25, -0.2) is 4.98 Å². The molecule has 0 bridgehead atoms. The zero-order chi connectivity index (χ0) is 8.27. The molecule has 2 heteroatoms. The number of nitriles is 1. The Kier molecular flexibility index (Phi) is 2.22. The summed E-state index contributed by atoms with van der Waals surface area (Å²) >= 11 is 0. The van der Waals surface area contributed by atoms with Gasteiger partial charge in [0.2, 0.25) is 0 Å². The summed E-state index contributed by atoms with van der Waals surface area (Å²) in [5.41, 5.74) is 2.61. The first-order valence-corrected chi connectivity index (χ1v) is 3.64. The van der Waals surface area contributed by atoms with E-state index in [1.54, 1.807) is 6.07 Å². The van der Waals surface area contributed by atoms with Gasteiger partial charge in [-0.05, 0) is 31.0 Å². The lowest BCUT2D eigenvalue weighted by atomic mass is 10.2. The van der Waals surface area contributed by atoms with E-state index in [2.05, 4.69) is 4.98 Å². The Morgan fingerprint density at radius 2 is 2.27 bits per heavy atom. The average molecular weight is 146 g/mol. The Balaban J connectivity index is 3.15. The van der Waals surface area contributed by atoms with E-state index in [9.17, 15) is 0 Å². The molecular formula is C9H10N2. The number of pyridine rings is 1. The molecular weight excluding hydrogens is 136 g/mol. The highest BCUT2D eigenvalue weighted by molar-refractivity contribution is 5.27. The van der Waals surface area contributed by atoms with Crippen LogP contribution in [0.2, 0.25) is 0 Å². The second-order valence-electron chi connectivity index (χ2n) is 2.49. The third-order valence-electron chi connectivity index (χ3n) is 1.50. The minimum absolute atomic E-state index is 0.516. The number of hydrogen-bond acceptors (Lipinski definition) is 2. The minimum Gasteiger partial charge on any atom is -0.242 e. The smallest absolute Gasteiger partial charge is 0.141 e. The second-order valence-corrected chi connectivity index (χ2v) is 2.49. The fourth-order valence-electron chi connectivity index (χ4n) is 0.978. The van der Waals surface area contributed by atoms with Gasteiger partial charge < -0.3 is 0 Å². The Bertz CT molecular complexity index is 297. The van der Waals surface area contributed by atoms with Gasteiger partial charge in [0.1, 0.15) is 11.8 Å². The van der Waals surface area contributed by atoms with Gasteiger partial charge in [0.05, 0.1) is 0 Å². The number of aromatic nitrogens is 1. The van der Waals surface area contributed by atoms with E-state index in [1.165, 1.54) is 0 Å². The Hall–Kier alpha value is -1.36. The van der Waals surface area contributed by atoms with E-state index in [1.807, 2.05) is 26.0 Å². The molecule has 56 valence electrons. The molecule has 1 aromatic rings. The van der Waals surface area contributed by atoms with Crippen LogP contribution in [0.4, 0.5) is 0 Å². The molecule has 1 rings (SSSR count). The third-order valence-corrected chi connectivity index (χ3v) is 1.50. The largest absolute Gasteiger partial charge is 0.242 e. The number of aryl methyl sites for hydroxylation is 2. The molecule has 1 aromatic heterocycles. The summed E-state index contributed by atoms with van der Waals surface area (Å²) < 4.78 is 0. The Morgan fingerprint density at radius 1 is 1.55 bits per heavy atom. The van der Waals surface area contributed by atoms with Crippen molar-refractivity contribution in [1.82, 2.24) is 4.98 Å². The van der Waals surface area contributed by atoms with E-state index in [0.717, 1.165) is 17.7 Å². The zero-order valence-corrected chi connectivity index (χ0v) is 6.76. The van der Waals surface area contributed by atoms with Crippen LogP contribution in [-0.4, -0.2) is 4.98 Å². The van der Waals surface area contributed by atoms with Gasteiger partial charge in [-0.15, -0.1) is 0 Å². The molecule has 0 aliphatic rings. The third kappa shape index (κ3) is 1.78. The summed E-state index contributed by atoms with van der Waals surface area (Å²) in [5.74, 6) is 0. The van der Waals surface area contributed by atoms with Gasteiger partial charge >= 0.3 is 0 Å². The number of hydrogen-bond donors (Lipinski definition) is 0. The van der Waals surface area contributed by atoms with Crippen molar-refractivity contribution >= 4 is 0 Å². The van der Waals surface area contributed by atoms with E-state index >= 15 is 0 Å². The summed E-state index contributed by atoms with van der Waals surface area (Å²) in [7, 11) is 0. The topological polar surface area (TPSA) is 36.7 Å². The second kappa shape index (κ2) is 3.16. The predicted molar refractivity (Wildman–Crippen MR) is 43.1 cm³/mol. The molecule has 0 saturated carbocycles. The average Bonchev–Trinajstić information content (AvgIpc) is 2.03. The summed E-state index contributed by atoms with van der Waals surface area (Å²) in [6, 6.07) is 5.82. The molecule has 0 aliphatic heterocycles. The molecule has 0 N–H and O–H groups in total. The van der Waals surface area contributed by atoms with Crippen molar-refractivity contribution in [3.05, 3.63) is 29.1 Å². The highest BCUT2D eigenvalue weighted by Crippen LogP contribution is 2.04. The van der Waals surface area contributed by atoms with Gasteiger partial charge in [0.15, 0.2) is 0 Å². The maximum absolute atomic E-state index is 8.57. The summed E-state index contributed by atoms with van der Waals surface area (Å²) in [5, 5.41) is 8.57. The first-order chi connectivity index (χ1) is 5.26. The molecule has 0 fully saturated rings. The maximum atomic E-state index is 8.57. The Labute approximate surface area is 66.5 Å². The lowest BCUT2D eigenvalue weighted by Gasteiger charge is -1.97. The number of nitrogens with zero attached hydrogens (tertiary/aromatic N) is 2. The van der Waals surface area contributed by atoms with Crippen molar-refractivity contribution in [2.75, 3.05) is 0 Å². The molecule has 11 heavy (non-hydrogen) atoms. The zero-order valence-electron chi connectivity index (χ0n) is 6.76. The SMILES string of the molecule is CCc1cc(C)cc(C#N)n1. The summed E-state index contributed by atoms with van der Waals surface area (Å²) in [6.45, 7) is 4.00. The van der Waals surface area contributed by atoms with Crippen LogP contribution in [0.1, 0.15) is 23.9 Å². The van der Waals surface area contributed by atoms with Gasteiger partial charge in [0, 0.05) is 5.69 Å². The van der Waals surface area contributed by atoms with Crippen LogP contribution in [0.5, 0.6) is 0 Å². The van der Waals surface area contributed by atoms with Gasteiger partial charge in [0.25, 0.3) is 0 Å². The van der Waals surface area contributed by atoms with Crippen LogP contribution in [0.3, 0.4) is 0 Å². The molecule has 0 unspecified atom stereocenters. The summed E-state index contributed by atoms with van der Waals surface area (Å²) in [6.07, 6.45) is 0.885. The quantitative estimate of drug-likeness (QED) is 0.606. The number of rotatable bonds is 1. The molecule has 0 saturated heterocycles. The fraction of sp³-hybridized carbons (Fsp3) is 0.333. The van der Waals surface area contributed by atoms with Crippen LogP contribution in [0.15, 0.2) is 12.1 Å². The van der Waals surface area contributed by atoms with Crippen molar-refractivity contribution in [2.24, 2.45) is 0 Å². The molecule has 0 radical (unpaired) electrons. The van der Waals surface area contributed by atoms with Crippen LogP contribution in [0.25, 0.3) is 0 Å². The van der Waals surface area contributed by atoms with E-state index in [0.29, 0.717) is 5.69 Å². The molecule has 0 spiro atoms. The van der Waals surface area contributed by atoms with Crippen molar-refractivity contribution in [3.63, 3.8) is 0 Å².